The average Bonchev–Trinajstić information content (AvgIpc) is 3.23. The molecule has 1 N–H and O–H groups in total. The van der Waals surface area contributed by atoms with Crippen molar-refractivity contribution in [2.45, 2.75) is 25.6 Å². The number of halogens is 6. The molecule has 33 heavy (non-hydrogen) atoms. The van der Waals surface area contributed by atoms with Crippen molar-refractivity contribution in [1.82, 2.24) is 25.1 Å². The highest BCUT2D eigenvalue weighted by Gasteiger charge is 2.33. The maximum absolute atomic E-state index is 13.3. The van der Waals surface area contributed by atoms with E-state index in [4.69, 9.17) is 4.42 Å². The molecular formula is C19H16F6N6O2. The fourth-order valence-corrected chi connectivity index (χ4v) is 2.78. The number of aromatic nitrogens is 4. The molecule has 2 heterocycles. The second-order valence-electron chi connectivity index (χ2n) is 6.80. The Hall–Kier alpha value is -3.71. The summed E-state index contributed by atoms with van der Waals surface area (Å²) in [5.41, 5.74) is 0.497. The summed E-state index contributed by atoms with van der Waals surface area (Å²) >= 11 is 0. The lowest BCUT2D eigenvalue weighted by atomic mass is 10.1. The first-order chi connectivity index (χ1) is 15.5. The molecule has 0 radical (unpaired) electrons. The number of carbonyl (C=O) groups is 1. The van der Waals surface area contributed by atoms with E-state index in [0.717, 1.165) is 19.1 Å². The van der Waals surface area contributed by atoms with Gasteiger partial charge in [-0.1, -0.05) is 12.1 Å². The summed E-state index contributed by atoms with van der Waals surface area (Å²) in [4.78, 5) is 20.3. The monoisotopic (exact) mass is 474 g/mol. The molecule has 2 aromatic heterocycles. The summed E-state index contributed by atoms with van der Waals surface area (Å²) in [7, 11) is 0. The molecule has 0 fully saturated rings. The molecule has 176 valence electrons. The van der Waals surface area contributed by atoms with Crippen molar-refractivity contribution in [3.05, 3.63) is 53.9 Å². The Labute approximate surface area is 182 Å². The van der Waals surface area contributed by atoms with Gasteiger partial charge in [0.25, 0.3) is 11.8 Å². The highest BCUT2D eigenvalue weighted by molar-refractivity contribution is 5.73. The number of carbonyl (C=O) groups excluding carboxylic acids is 1. The molecule has 14 heteroatoms. The fraction of sp³-hybridized carbons (Fsp3) is 0.316. The van der Waals surface area contributed by atoms with Crippen molar-refractivity contribution in [2.24, 2.45) is 0 Å². The summed E-state index contributed by atoms with van der Waals surface area (Å²) in [6.07, 6.45) is -5.22. The smallest absolute Gasteiger partial charge is 0.406 e. The number of amides is 1. The zero-order valence-electron chi connectivity index (χ0n) is 16.9. The minimum Gasteiger partial charge on any atom is -0.415 e. The second kappa shape index (κ2) is 9.83. The number of benzene rings is 1. The number of anilines is 1. The molecule has 0 aliphatic heterocycles. The average molecular weight is 474 g/mol. The largest absolute Gasteiger partial charge is 0.415 e. The van der Waals surface area contributed by atoms with Gasteiger partial charge in [-0.05, 0) is 17.7 Å². The lowest BCUT2D eigenvalue weighted by molar-refractivity contribution is -0.160. The van der Waals surface area contributed by atoms with E-state index in [2.05, 4.69) is 25.5 Å². The second-order valence-corrected chi connectivity index (χ2v) is 6.80. The Morgan fingerprint density at radius 2 is 1.76 bits per heavy atom. The van der Waals surface area contributed by atoms with Gasteiger partial charge < -0.3 is 14.6 Å². The summed E-state index contributed by atoms with van der Waals surface area (Å²) in [5, 5.41) is 9.45. The van der Waals surface area contributed by atoms with E-state index in [9.17, 15) is 31.1 Å². The van der Waals surface area contributed by atoms with Gasteiger partial charge in [-0.15, -0.1) is 10.2 Å². The van der Waals surface area contributed by atoms with Crippen LogP contribution in [0, 0.1) is 5.82 Å². The number of hydrogen-bond donors (Lipinski definition) is 1. The van der Waals surface area contributed by atoms with Crippen LogP contribution in [-0.4, -0.2) is 50.2 Å². The standard InChI is InChI=1S/C19H16F6N6O2/c1-10(32)31(9-19(23,24)25)8-14(11-2-4-13(20)5-3-11)28-18-26-6-12(7-27-18)16-29-30-17(33-16)15(21)22/h2-7,14-15H,8-9H2,1H3,(H,26,27,28)/t14-/m1/s1. The summed E-state index contributed by atoms with van der Waals surface area (Å²) in [5.74, 6) is -2.56. The number of nitrogens with zero attached hydrogens (tertiary/aromatic N) is 5. The summed E-state index contributed by atoms with van der Waals surface area (Å²) in [6.45, 7) is -0.908. The molecule has 0 aliphatic rings. The minimum absolute atomic E-state index is 0.0582. The fourth-order valence-electron chi connectivity index (χ4n) is 2.78. The van der Waals surface area contributed by atoms with Crippen molar-refractivity contribution in [3.8, 4) is 11.5 Å². The maximum atomic E-state index is 13.3. The SMILES string of the molecule is CC(=O)N(C[C@@H](Nc1ncc(-c2nnc(C(F)F)o2)cn1)c1ccc(F)cc1)CC(F)(F)F. The molecule has 0 aliphatic carbocycles. The Morgan fingerprint density at radius 1 is 1.12 bits per heavy atom. The highest BCUT2D eigenvalue weighted by atomic mass is 19.4. The third kappa shape index (κ3) is 6.63. The summed E-state index contributed by atoms with van der Waals surface area (Å²) < 4.78 is 82.0. The number of nitrogens with one attached hydrogen (secondary N) is 1. The molecule has 1 aromatic carbocycles. The van der Waals surface area contributed by atoms with Gasteiger partial charge >= 0.3 is 12.6 Å². The van der Waals surface area contributed by atoms with Crippen LogP contribution in [0.15, 0.2) is 41.1 Å². The molecule has 1 amide bonds. The Kier molecular flexibility index (Phi) is 7.13. The predicted molar refractivity (Wildman–Crippen MR) is 101 cm³/mol. The first kappa shape index (κ1) is 23.9. The van der Waals surface area contributed by atoms with Crippen molar-refractivity contribution in [1.29, 1.82) is 0 Å². The Bertz CT molecular complexity index is 1070. The Morgan fingerprint density at radius 3 is 2.27 bits per heavy atom. The Balaban J connectivity index is 1.83. The quantitative estimate of drug-likeness (QED) is 0.490. The van der Waals surface area contributed by atoms with Crippen LogP contribution in [0.5, 0.6) is 0 Å². The third-order valence-corrected chi connectivity index (χ3v) is 4.32. The van der Waals surface area contributed by atoms with Crippen LogP contribution in [0.2, 0.25) is 0 Å². The van der Waals surface area contributed by atoms with Crippen LogP contribution in [0.1, 0.15) is 30.8 Å². The summed E-state index contributed by atoms with van der Waals surface area (Å²) in [6, 6.07) is 3.99. The molecule has 0 saturated heterocycles. The van der Waals surface area contributed by atoms with Crippen molar-refractivity contribution >= 4 is 11.9 Å². The van der Waals surface area contributed by atoms with Gasteiger partial charge in [-0.2, -0.15) is 22.0 Å². The van der Waals surface area contributed by atoms with Crippen LogP contribution < -0.4 is 5.32 Å². The number of rotatable bonds is 8. The molecule has 0 unspecified atom stereocenters. The molecule has 0 saturated carbocycles. The molecule has 3 rings (SSSR count). The molecule has 1 atom stereocenters. The van der Waals surface area contributed by atoms with Gasteiger partial charge in [0, 0.05) is 25.9 Å². The van der Waals surface area contributed by atoms with E-state index in [1.807, 2.05) is 0 Å². The highest BCUT2D eigenvalue weighted by Crippen LogP contribution is 2.25. The number of alkyl halides is 5. The zero-order valence-corrected chi connectivity index (χ0v) is 16.9. The third-order valence-electron chi connectivity index (χ3n) is 4.32. The lowest BCUT2D eigenvalue weighted by Gasteiger charge is -2.28. The zero-order chi connectivity index (χ0) is 24.2. The van der Waals surface area contributed by atoms with Crippen LogP contribution in [0.3, 0.4) is 0 Å². The van der Waals surface area contributed by atoms with E-state index in [1.165, 1.54) is 24.5 Å². The molecule has 3 aromatic rings. The molecule has 0 bridgehead atoms. The van der Waals surface area contributed by atoms with Crippen LogP contribution >= 0.6 is 0 Å². The van der Waals surface area contributed by atoms with Gasteiger partial charge in [0.15, 0.2) is 0 Å². The van der Waals surface area contributed by atoms with Gasteiger partial charge in [-0.3, -0.25) is 4.79 Å². The van der Waals surface area contributed by atoms with E-state index >= 15 is 0 Å². The first-order valence-corrected chi connectivity index (χ1v) is 9.30. The molecule has 0 spiro atoms. The maximum Gasteiger partial charge on any atom is 0.406 e. The van der Waals surface area contributed by atoms with Gasteiger partial charge in [0.2, 0.25) is 11.9 Å². The first-order valence-electron chi connectivity index (χ1n) is 9.30. The van der Waals surface area contributed by atoms with Crippen molar-refractivity contribution in [2.75, 3.05) is 18.4 Å². The van der Waals surface area contributed by atoms with Gasteiger partial charge in [0.05, 0.1) is 11.6 Å². The van der Waals surface area contributed by atoms with Crippen molar-refractivity contribution < 1.29 is 35.6 Å². The lowest BCUT2D eigenvalue weighted by Crippen LogP contribution is -2.41. The van der Waals surface area contributed by atoms with E-state index in [0.29, 0.717) is 10.5 Å². The van der Waals surface area contributed by atoms with E-state index in [1.54, 1.807) is 0 Å². The predicted octanol–water partition coefficient (Wildman–Crippen LogP) is 4.17. The minimum atomic E-state index is -4.63. The van der Waals surface area contributed by atoms with E-state index < -0.39 is 49.3 Å². The number of hydrogen-bond acceptors (Lipinski definition) is 7. The van der Waals surface area contributed by atoms with Gasteiger partial charge in [-0.25, -0.2) is 14.4 Å². The molecular weight excluding hydrogens is 458 g/mol. The van der Waals surface area contributed by atoms with Crippen molar-refractivity contribution in [3.63, 3.8) is 0 Å². The van der Waals surface area contributed by atoms with E-state index in [-0.39, 0.29) is 17.4 Å². The topological polar surface area (TPSA) is 97.0 Å². The normalized spacial score (nSPS) is 12.6. The van der Waals surface area contributed by atoms with Crippen LogP contribution in [0.25, 0.3) is 11.5 Å². The molecule has 8 nitrogen and oxygen atoms in total. The van der Waals surface area contributed by atoms with Crippen LogP contribution in [-0.2, 0) is 4.79 Å². The van der Waals surface area contributed by atoms with Gasteiger partial charge in [0.1, 0.15) is 12.4 Å². The van der Waals surface area contributed by atoms with Crippen LogP contribution in [0.4, 0.5) is 32.3 Å².